The van der Waals surface area contributed by atoms with Crippen molar-refractivity contribution in [2.45, 2.75) is 65.5 Å². The molecule has 7 nitrogen and oxygen atoms in total. The molecule has 188 valence electrons. The Balaban J connectivity index is 1.50. The molecule has 2 saturated heterocycles. The molecule has 0 spiro atoms. The van der Waals surface area contributed by atoms with Crippen LogP contribution in [0.2, 0.25) is 0 Å². The standard InChI is InChI=1S/C26H46N4O3/c1-19(2)23-16-21(20(3)15-22(23)18-28-25(31)8-14-33-4)17-26(32)30-12-10-29(11-13-30)24-7-5-6-9-27-24/h15,19,21-24,27H,5-14,16-18H2,1-4H3,(H,28,31)/p+1/t21-,22-,23-,24?/m0/s1. The third-order valence-electron chi connectivity index (χ3n) is 8.10. The first-order valence-corrected chi connectivity index (χ1v) is 13.2. The van der Waals surface area contributed by atoms with Gasteiger partial charge in [0.05, 0.1) is 13.2 Å². The largest absolute Gasteiger partial charge is 0.384 e. The summed E-state index contributed by atoms with van der Waals surface area (Å²) in [6.45, 7) is 12.8. The minimum Gasteiger partial charge on any atom is -0.384 e. The van der Waals surface area contributed by atoms with E-state index >= 15 is 0 Å². The quantitative estimate of drug-likeness (QED) is 0.509. The zero-order valence-corrected chi connectivity index (χ0v) is 21.4. The number of hydrogen-bond acceptors (Lipinski definition) is 4. The first-order valence-electron chi connectivity index (χ1n) is 13.2. The second-order valence-corrected chi connectivity index (χ2v) is 10.7. The Morgan fingerprint density at radius 2 is 1.97 bits per heavy atom. The van der Waals surface area contributed by atoms with Crippen LogP contribution in [0.1, 0.15) is 59.3 Å². The number of methoxy groups -OCH3 is 1. The SMILES string of the molecule is COCCC(=O)NC[C@@H]1C=C(C)[C@H](CC(=O)N2CCN(C3CCCC[NH2+]3)CC2)C[C@H]1C(C)C. The van der Waals surface area contributed by atoms with Gasteiger partial charge in [0.1, 0.15) is 6.17 Å². The maximum Gasteiger partial charge on any atom is 0.223 e. The molecule has 1 unspecified atom stereocenters. The van der Waals surface area contributed by atoms with E-state index in [0.29, 0.717) is 61.7 Å². The van der Waals surface area contributed by atoms with Gasteiger partial charge in [-0.15, -0.1) is 0 Å². The van der Waals surface area contributed by atoms with E-state index in [0.717, 1.165) is 32.6 Å². The van der Waals surface area contributed by atoms with Crippen molar-refractivity contribution in [1.29, 1.82) is 0 Å². The van der Waals surface area contributed by atoms with E-state index in [4.69, 9.17) is 4.74 Å². The summed E-state index contributed by atoms with van der Waals surface area (Å²) in [7, 11) is 1.62. The predicted octanol–water partition coefficient (Wildman–Crippen LogP) is 1.60. The Bertz CT molecular complexity index is 666. The molecule has 7 heteroatoms. The number of rotatable bonds is 9. The monoisotopic (exact) mass is 463 g/mol. The van der Waals surface area contributed by atoms with Crippen molar-refractivity contribution in [1.82, 2.24) is 15.1 Å². The van der Waals surface area contributed by atoms with Gasteiger partial charge in [-0.25, -0.2) is 0 Å². The lowest BCUT2D eigenvalue weighted by Crippen LogP contribution is -2.95. The zero-order valence-electron chi connectivity index (χ0n) is 21.4. The van der Waals surface area contributed by atoms with Crippen LogP contribution >= 0.6 is 0 Å². The van der Waals surface area contributed by atoms with E-state index < -0.39 is 0 Å². The fourth-order valence-corrected chi connectivity index (χ4v) is 5.92. The summed E-state index contributed by atoms with van der Waals surface area (Å²) in [6, 6.07) is 0. The fourth-order valence-electron chi connectivity index (χ4n) is 5.92. The summed E-state index contributed by atoms with van der Waals surface area (Å²) < 4.78 is 5.01. The molecule has 3 rings (SSSR count). The summed E-state index contributed by atoms with van der Waals surface area (Å²) in [4.78, 5) is 29.9. The van der Waals surface area contributed by atoms with E-state index in [2.05, 4.69) is 47.3 Å². The molecule has 3 aliphatic rings. The molecule has 3 N–H and O–H groups in total. The van der Waals surface area contributed by atoms with Crippen LogP contribution in [-0.2, 0) is 14.3 Å². The fraction of sp³-hybridized carbons (Fsp3) is 0.846. The lowest BCUT2D eigenvalue weighted by atomic mass is 9.69. The molecule has 0 aromatic carbocycles. The van der Waals surface area contributed by atoms with Crippen LogP contribution in [0.25, 0.3) is 0 Å². The van der Waals surface area contributed by atoms with E-state index in [-0.39, 0.29) is 5.91 Å². The van der Waals surface area contributed by atoms with Crippen LogP contribution in [0, 0.1) is 23.7 Å². The lowest BCUT2D eigenvalue weighted by Gasteiger charge is -2.40. The molecule has 0 aromatic heterocycles. The average molecular weight is 464 g/mol. The summed E-state index contributed by atoms with van der Waals surface area (Å²) in [5.74, 6) is 2.01. The molecule has 4 atom stereocenters. The molecule has 0 saturated carbocycles. The van der Waals surface area contributed by atoms with Crippen molar-refractivity contribution in [2.75, 3.05) is 53.0 Å². The number of nitrogens with one attached hydrogen (secondary N) is 1. The topological polar surface area (TPSA) is 78.5 Å². The highest BCUT2D eigenvalue weighted by Gasteiger charge is 2.34. The molecule has 33 heavy (non-hydrogen) atoms. The Morgan fingerprint density at radius 3 is 2.61 bits per heavy atom. The Morgan fingerprint density at radius 1 is 1.21 bits per heavy atom. The molecule has 0 bridgehead atoms. The van der Waals surface area contributed by atoms with Gasteiger partial charge < -0.3 is 20.3 Å². The number of piperazine rings is 1. The number of hydrogen-bond donors (Lipinski definition) is 2. The van der Waals surface area contributed by atoms with Gasteiger partial charge in [0.2, 0.25) is 11.8 Å². The normalized spacial score (nSPS) is 29.1. The van der Waals surface area contributed by atoms with E-state index in [9.17, 15) is 9.59 Å². The van der Waals surface area contributed by atoms with Crippen LogP contribution in [0.4, 0.5) is 0 Å². The van der Waals surface area contributed by atoms with Crippen molar-refractivity contribution < 1.29 is 19.6 Å². The van der Waals surface area contributed by atoms with Gasteiger partial charge >= 0.3 is 0 Å². The Kier molecular flexibility index (Phi) is 10.2. The molecule has 2 fully saturated rings. The van der Waals surface area contributed by atoms with Crippen LogP contribution in [-0.4, -0.2) is 80.8 Å². The third-order valence-corrected chi connectivity index (χ3v) is 8.10. The highest BCUT2D eigenvalue weighted by atomic mass is 16.5. The van der Waals surface area contributed by atoms with Crippen LogP contribution in [0.5, 0.6) is 0 Å². The van der Waals surface area contributed by atoms with E-state index in [1.54, 1.807) is 7.11 Å². The number of carbonyl (C=O) groups is 2. The Labute approximate surface area is 200 Å². The summed E-state index contributed by atoms with van der Waals surface area (Å²) in [5, 5.41) is 5.57. The van der Waals surface area contributed by atoms with Gasteiger partial charge in [-0.1, -0.05) is 25.5 Å². The molecule has 2 amide bonds. The van der Waals surface area contributed by atoms with Gasteiger partial charge in [-0.3, -0.25) is 14.5 Å². The molecule has 1 aliphatic carbocycles. The summed E-state index contributed by atoms with van der Waals surface area (Å²) in [5.41, 5.74) is 1.31. The van der Waals surface area contributed by atoms with E-state index in [1.165, 1.54) is 31.4 Å². The lowest BCUT2D eigenvalue weighted by molar-refractivity contribution is -0.717. The first kappa shape index (κ1) is 26.2. The van der Waals surface area contributed by atoms with E-state index in [1.807, 2.05) is 0 Å². The van der Waals surface area contributed by atoms with Gasteiger partial charge in [0.15, 0.2) is 0 Å². The highest BCUT2D eigenvalue weighted by molar-refractivity contribution is 5.77. The maximum absolute atomic E-state index is 13.2. The molecular weight excluding hydrogens is 416 g/mol. The van der Waals surface area contributed by atoms with Crippen molar-refractivity contribution in [3.05, 3.63) is 11.6 Å². The van der Waals surface area contributed by atoms with Crippen LogP contribution in [0.15, 0.2) is 11.6 Å². The minimum atomic E-state index is 0.0488. The van der Waals surface area contributed by atoms with Crippen LogP contribution in [0.3, 0.4) is 0 Å². The zero-order chi connectivity index (χ0) is 23.8. The average Bonchev–Trinajstić information content (AvgIpc) is 2.83. The second kappa shape index (κ2) is 12.9. The van der Waals surface area contributed by atoms with Crippen molar-refractivity contribution >= 4 is 11.8 Å². The summed E-state index contributed by atoms with van der Waals surface area (Å²) >= 11 is 0. The van der Waals surface area contributed by atoms with Gasteiger partial charge in [0.25, 0.3) is 0 Å². The molecule has 0 radical (unpaired) electrons. The highest BCUT2D eigenvalue weighted by Crippen LogP contribution is 2.39. The number of nitrogens with two attached hydrogens (primary N) is 1. The number of nitrogens with zero attached hydrogens (tertiary/aromatic N) is 2. The Hall–Kier alpha value is -1.44. The number of quaternary nitrogens is 1. The molecule has 2 aliphatic heterocycles. The minimum absolute atomic E-state index is 0.0488. The van der Waals surface area contributed by atoms with Gasteiger partial charge in [-0.05, 0) is 49.9 Å². The predicted molar refractivity (Wildman–Crippen MR) is 130 cm³/mol. The smallest absolute Gasteiger partial charge is 0.223 e. The van der Waals surface area contributed by atoms with Gasteiger partial charge in [0, 0.05) is 59.1 Å². The van der Waals surface area contributed by atoms with Crippen molar-refractivity contribution in [3.8, 4) is 0 Å². The number of amides is 2. The first-order chi connectivity index (χ1) is 15.9. The van der Waals surface area contributed by atoms with Crippen LogP contribution < -0.4 is 10.6 Å². The molecular formula is C26H47N4O3+. The van der Waals surface area contributed by atoms with Crippen molar-refractivity contribution in [3.63, 3.8) is 0 Å². The van der Waals surface area contributed by atoms with Gasteiger partial charge in [-0.2, -0.15) is 0 Å². The number of ether oxygens (including phenoxy) is 1. The second-order valence-electron chi connectivity index (χ2n) is 10.7. The number of allylic oxidation sites excluding steroid dienone is 1. The number of carbonyl (C=O) groups excluding carboxylic acids is 2. The molecule has 2 heterocycles. The van der Waals surface area contributed by atoms with Crippen molar-refractivity contribution in [2.24, 2.45) is 23.7 Å². The maximum atomic E-state index is 13.2. The third kappa shape index (κ3) is 7.52. The molecule has 0 aromatic rings. The summed E-state index contributed by atoms with van der Waals surface area (Å²) in [6.07, 6.45) is 8.96. The number of piperidine rings is 1.